The summed E-state index contributed by atoms with van der Waals surface area (Å²) in [7, 11) is 0. The summed E-state index contributed by atoms with van der Waals surface area (Å²) in [5.41, 5.74) is 1.56. The van der Waals surface area contributed by atoms with Gasteiger partial charge < -0.3 is 15.2 Å². The minimum Gasteiger partial charge on any atom is -0.360 e. The van der Waals surface area contributed by atoms with Crippen molar-refractivity contribution in [3.05, 3.63) is 32.8 Å². The molecule has 0 unspecified atom stereocenters. The number of halogens is 2. The van der Waals surface area contributed by atoms with Crippen molar-refractivity contribution in [3.63, 3.8) is 0 Å². The maximum Gasteiger partial charge on any atom is 0.253 e. The standard InChI is InChI=1S/C19H23Br2N3O2/c1-11(2)7-18(25)24-5-3-12(4-6-24)23-19(26)14-10-22-17-9-16(21)15(20)8-13(14)17/h8-12,22H,3-7H2,1-2H3,(H,23,26). The van der Waals surface area contributed by atoms with Gasteiger partial charge in [-0.15, -0.1) is 0 Å². The van der Waals surface area contributed by atoms with Gasteiger partial charge >= 0.3 is 0 Å². The van der Waals surface area contributed by atoms with Gasteiger partial charge in [0.2, 0.25) is 5.91 Å². The lowest BCUT2D eigenvalue weighted by Gasteiger charge is -2.32. The van der Waals surface area contributed by atoms with Gasteiger partial charge in [-0.05, 0) is 62.8 Å². The van der Waals surface area contributed by atoms with E-state index in [4.69, 9.17) is 0 Å². The zero-order valence-corrected chi connectivity index (χ0v) is 18.1. The largest absolute Gasteiger partial charge is 0.360 e. The first kappa shape index (κ1) is 19.4. The van der Waals surface area contributed by atoms with E-state index in [2.05, 4.69) is 56.0 Å². The van der Waals surface area contributed by atoms with Crippen LogP contribution in [-0.2, 0) is 4.79 Å². The van der Waals surface area contributed by atoms with Gasteiger partial charge in [0.05, 0.1) is 5.56 Å². The van der Waals surface area contributed by atoms with Crippen molar-refractivity contribution in [2.75, 3.05) is 13.1 Å². The monoisotopic (exact) mass is 483 g/mol. The lowest BCUT2D eigenvalue weighted by molar-refractivity contribution is -0.133. The van der Waals surface area contributed by atoms with E-state index in [0.717, 1.165) is 32.7 Å². The molecule has 2 N–H and O–H groups in total. The molecular formula is C19H23Br2N3O2. The molecule has 1 aromatic heterocycles. The van der Waals surface area contributed by atoms with E-state index in [1.807, 2.05) is 17.0 Å². The van der Waals surface area contributed by atoms with Gasteiger partial charge in [-0.1, -0.05) is 13.8 Å². The van der Waals surface area contributed by atoms with Crippen molar-refractivity contribution in [1.29, 1.82) is 0 Å². The predicted molar refractivity (Wildman–Crippen MR) is 110 cm³/mol. The van der Waals surface area contributed by atoms with Crippen molar-refractivity contribution in [3.8, 4) is 0 Å². The molecule has 0 spiro atoms. The summed E-state index contributed by atoms with van der Waals surface area (Å²) in [4.78, 5) is 29.9. The van der Waals surface area contributed by atoms with Gasteiger partial charge in [-0.2, -0.15) is 0 Å². The highest BCUT2D eigenvalue weighted by Crippen LogP contribution is 2.30. The molecule has 0 aliphatic carbocycles. The summed E-state index contributed by atoms with van der Waals surface area (Å²) < 4.78 is 1.85. The van der Waals surface area contributed by atoms with Gasteiger partial charge in [0.25, 0.3) is 5.91 Å². The summed E-state index contributed by atoms with van der Waals surface area (Å²) in [6.45, 7) is 5.54. The van der Waals surface area contributed by atoms with E-state index < -0.39 is 0 Å². The third kappa shape index (κ3) is 4.31. The minimum absolute atomic E-state index is 0.0718. The highest BCUT2D eigenvalue weighted by Gasteiger charge is 2.25. The summed E-state index contributed by atoms with van der Waals surface area (Å²) in [5.74, 6) is 0.524. The second-order valence-electron chi connectivity index (χ2n) is 7.24. The van der Waals surface area contributed by atoms with Crippen LogP contribution < -0.4 is 5.32 Å². The molecule has 0 radical (unpaired) electrons. The van der Waals surface area contributed by atoms with Crippen LogP contribution in [0.4, 0.5) is 0 Å². The Labute approximate surface area is 170 Å². The van der Waals surface area contributed by atoms with E-state index in [1.165, 1.54) is 0 Å². The van der Waals surface area contributed by atoms with E-state index in [9.17, 15) is 9.59 Å². The Hall–Kier alpha value is -1.34. The van der Waals surface area contributed by atoms with Crippen LogP contribution in [0.1, 0.15) is 43.5 Å². The number of carbonyl (C=O) groups excluding carboxylic acids is 2. The highest BCUT2D eigenvalue weighted by molar-refractivity contribution is 9.13. The van der Waals surface area contributed by atoms with Gasteiger partial charge in [-0.25, -0.2) is 0 Å². The van der Waals surface area contributed by atoms with E-state index in [-0.39, 0.29) is 17.9 Å². The topological polar surface area (TPSA) is 65.2 Å². The van der Waals surface area contributed by atoms with Crippen LogP contribution in [0.2, 0.25) is 0 Å². The van der Waals surface area contributed by atoms with E-state index in [1.54, 1.807) is 6.20 Å². The van der Waals surface area contributed by atoms with Crippen LogP contribution in [0.3, 0.4) is 0 Å². The van der Waals surface area contributed by atoms with Crippen LogP contribution >= 0.6 is 31.9 Å². The second kappa shape index (κ2) is 8.13. The van der Waals surface area contributed by atoms with Crippen LogP contribution in [0.15, 0.2) is 27.3 Å². The minimum atomic E-state index is -0.0718. The molecular weight excluding hydrogens is 462 g/mol. The average molecular weight is 485 g/mol. The first-order valence-corrected chi connectivity index (χ1v) is 10.5. The number of H-pyrrole nitrogens is 1. The van der Waals surface area contributed by atoms with E-state index in [0.29, 0.717) is 31.0 Å². The summed E-state index contributed by atoms with van der Waals surface area (Å²) >= 11 is 6.96. The smallest absolute Gasteiger partial charge is 0.253 e. The molecule has 7 heteroatoms. The number of likely N-dealkylation sites (tertiary alicyclic amines) is 1. The normalized spacial score (nSPS) is 15.7. The number of rotatable bonds is 4. The molecule has 1 aliphatic rings. The second-order valence-corrected chi connectivity index (χ2v) is 8.95. The number of hydrogen-bond acceptors (Lipinski definition) is 2. The Kier molecular flexibility index (Phi) is 6.07. The summed E-state index contributed by atoms with van der Waals surface area (Å²) in [5, 5.41) is 4.01. The number of amides is 2. The van der Waals surface area contributed by atoms with Crippen LogP contribution in [0, 0.1) is 5.92 Å². The SMILES string of the molecule is CC(C)CC(=O)N1CCC(NC(=O)c2c[nH]c3cc(Br)c(Br)cc23)CC1. The molecule has 5 nitrogen and oxygen atoms in total. The number of nitrogens with zero attached hydrogens (tertiary/aromatic N) is 1. The van der Waals surface area contributed by atoms with Crippen LogP contribution in [0.25, 0.3) is 10.9 Å². The molecule has 2 aromatic rings. The molecule has 26 heavy (non-hydrogen) atoms. The third-order valence-corrected chi connectivity index (χ3v) is 6.58. The molecule has 3 rings (SSSR count). The number of nitrogens with one attached hydrogen (secondary N) is 2. The Bertz CT molecular complexity index is 824. The predicted octanol–water partition coefficient (Wildman–Crippen LogP) is 4.46. The molecule has 140 valence electrons. The number of carbonyl (C=O) groups is 2. The fourth-order valence-electron chi connectivity index (χ4n) is 3.32. The summed E-state index contributed by atoms with van der Waals surface area (Å²) in [6.07, 6.45) is 3.94. The van der Waals surface area contributed by atoms with Crippen molar-refractivity contribution in [2.45, 2.75) is 39.2 Å². The Morgan fingerprint density at radius 1 is 1.23 bits per heavy atom. The molecule has 1 saturated heterocycles. The Morgan fingerprint density at radius 3 is 2.54 bits per heavy atom. The number of benzene rings is 1. The Morgan fingerprint density at radius 2 is 1.88 bits per heavy atom. The molecule has 1 aromatic carbocycles. The van der Waals surface area contributed by atoms with Crippen molar-refractivity contribution in [1.82, 2.24) is 15.2 Å². The molecule has 0 bridgehead atoms. The van der Waals surface area contributed by atoms with Crippen molar-refractivity contribution in [2.24, 2.45) is 5.92 Å². The average Bonchev–Trinajstić information content (AvgIpc) is 2.98. The fourth-order valence-corrected chi connectivity index (χ4v) is 4.01. The lowest BCUT2D eigenvalue weighted by Crippen LogP contribution is -2.46. The number of fused-ring (bicyclic) bond motifs is 1. The molecule has 0 saturated carbocycles. The first-order valence-electron chi connectivity index (χ1n) is 8.90. The fraction of sp³-hybridized carbons (Fsp3) is 0.474. The number of aromatic amines is 1. The van der Waals surface area contributed by atoms with Crippen LogP contribution in [-0.4, -0.2) is 40.8 Å². The zero-order chi connectivity index (χ0) is 18.8. The number of piperidine rings is 1. The molecule has 0 atom stereocenters. The first-order chi connectivity index (χ1) is 12.3. The number of aromatic nitrogens is 1. The van der Waals surface area contributed by atoms with Crippen molar-refractivity contribution < 1.29 is 9.59 Å². The van der Waals surface area contributed by atoms with E-state index >= 15 is 0 Å². The molecule has 2 heterocycles. The van der Waals surface area contributed by atoms with Crippen LogP contribution in [0.5, 0.6) is 0 Å². The molecule has 1 aliphatic heterocycles. The molecule has 1 fully saturated rings. The van der Waals surface area contributed by atoms with Gasteiger partial charge in [-0.3, -0.25) is 9.59 Å². The number of hydrogen-bond donors (Lipinski definition) is 2. The molecule has 2 amide bonds. The van der Waals surface area contributed by atoms with Gasteiger partial charge in [0.1, 0.15) is 0 Å². The lowest BCUT2D eigenvalue weighted by atomic mass is 10.0. The third-order valence-electron chi connectivity index (χ3n) is 4.73. The quantitative estimate of drug-likeness (QED) is 0.672. The summed E-state index contributed by atoms with van der Waals surface area (Å²) in [6, 6.07) is 4.00. The maximum absolute atomic E-state index is 12.7. The van der Waals surface area contributed by atoms with Gasteiger partial charge in [0.15, 0.2) is 0 Å². The van der Waals surface area contributed by atoms with Gasteiger partial charge in [0, 0.05) is 51.6 Å². The highest BCUT2D eigenvalue weighted by atomic mass is 79.9. The Balaban J connectivity index is 1.61. The maximum atomic E-state index is 12.7. The van der Waals surface area contributed by atoms with Crippen molar-refractivity contribution >= 4 is 54.6 Å². The zero-order valence-electron chi connectivity index (χ0n) is 14.9.